The second-order valence-electron chi connectivity index (χ2n) is 9.82. The van der Waals surface area contributed by atoms with Gasteiger partial charge in [-0.2, -0.15) is 0 Å². The van der Waals surface area contributed by atoms with Crippen LogP contribution in [0.1, 0.15) is 29.2 Å². The van der Waals surface area contributed by atoms with Crippen molar-refractivity contribution in [3.63, 3.8) is 0 Å². The van der Waals surface area contributed by atoms with Crippen LogP contribution in [0.2, 0.25) is 5.02 Å². The molecule has 1 unspecified atom stereocenters. The average molecular weight is 553 g/mol. The number of H-pyrrole nitrogens is 1. The van der Waals surface area contributed by atoms with Crippen molar-refractivity contribution in [3.8, 4) is 0 Å². The largest absolute Gasteiger partial charge is 0.361 e. The molecule has 5 rings (SSSR count). The second kappa shape index (κ2) is 12.0. The van der Waals surface area contributed by atoms with Crippen molar-refractivity contribution in [2.75, 3.05) is 39.8 Å². The SMILES string of the molecule is CN1CCN(CCC(ONS(=O)(=O)c2ccccc2)c2ccccc2Cc2c[nH]c3ccc(Cl)cc23)CC1. The topological polar surface area (TPSA) is 77.7 Å². The molecule has 0 radical (unpaired) electrons. The van der Waals surface area contributed by atoms with E-state index in [1.54, 1.807) is 30.3 Å². The lowest BCUT2D eigenvalue weighted by molar-refractivity contribution is 0.00228. The Hall–Kier alpha value is -2.72. The summed E-state index contributed by atoms with van der Waals surface area (Å²) < 4.78 is 25.9. The molecule has 1 aliphatic rings. The van der Waals surface area contributed by atoms with Gasteiger partial charge in [-0.25, -0.2) is 8.42 Å². The van der Waals surface area contributed by atoms with Crippen molar-refractivity contribution in [3.05, 3.63) is 101 Å². The monoisotopic (exact) mass is 552 g/mol. The minimum atomic E-state index is -3.82. The molecule has 200 valence electrons. The van der Waals surface area contributed by atoms with Gasteiger partial charge in [0.05, 0.1) is 4.90 Å². The number of hydrogen-bond acceptors (Lipinski definition) is 5. The Morgan fingerprint density at radius 2 is 1.71 bits per heavy atom. The summed E-state index contributed by atoms with van der Waals surface area (Å²) in [6.07, 6.45) is 2.86. The van der Waals surface area contributed by atoms with Crippen LogP contribution in [0.25, 0.3) is 10.9 Å². The summed E-state index contributed by atoms with van der Waals surface area (Å²) in [6.45, 7) is 4.81. The van der Waals surface area contributed by atoms with Crippen molar-refractivity contribution in [1.82, 2.24) is 19.7 Å². The summed E-state index contributed by atoms with van der Waals surface area (Å²) >= 11 is 6.28. The highest BCUT2D eigenvalue weighted by molar-refractivity contribution is 7.89. The maximum atomic E-state index is 13.0. The van der Waals surface area contributed by atoms with Crippen LogP contribution in [0.5, 0.6) is 0 Å². The number of nitrogens with one attached hydrogen (secondary N) is 2. The van der Waals surface area contributed by atoms with Gasteiger partial charge in [-0.3, -0.25) is 4.84 Å². The van der Waals surface area contributed by atoms with Crippen LogP contribution >= 0.6 is 11.6 Å². The smallest absolute Gasteiger partial charge is 0.262 e. The summed E-state index contributed by atoms with van der Waals surface area (Å²) in [4.78, 5) is 16.7. The zero-order chi connectivity index (χ0) is 26.5. The summed E-state index contributed by atoms with van der Waals surface area (Å²) in [5.41, 5.74) is 4.20. The lowest BCUT2D eigenvalue weighted by Crippen LogP contribution is -2.45. The predicted molar refractivity (Wildman–Crippen MR) is 152 cm³/mol. The van der Waals surface area contributed by atoms with Gasteiger partial charge in [0.1, 0.15) is 6.10 Å². The van der Waals surface area contributed by atoms with Crippen molar-refractivity contribution < 1.29 is 13.3 Å². The van der Waals surface area contributed by atoms with Crippen LogP contribution in [0.4, 0.5) is 0 Å². The average Bonchev–Trinajstić information content (AvgIpc) is 3.32. The fraction of sp³-hybridized carbons (Fsp3) is 0.310. The number of aromatic amines is 1. The summed E-state index contributed by atoms with van der Waals surface area (Å²) in [5, 5.41) is 1.77. The highest BCUT2D eigenvalue weighted by Crippen LogP contribution is 2.30. The van der Waals surface area contributed by atoms with Gasteiger partial charge in [-0.05, 0) is 66.9 Å². The number of likely N-dealkylation sites (N-methyl/N-ethyl adjacent to an activating group) is 1. The Labute approximate surface area is 229 Å². The molecule has 0 bridgehead atoms. The second-order valence-corrected chi connectivity index (χ2v) is 11.9. The molecule has 7 nitrogen and oxygen atoms in total. The van der Waals surface area contributed by atoms with E-state index in [4.69, 9.17) is 16.4 Å². The molecule has 4 aromatic rings. The van der Waals surface area contributed by atoms with Gasteiger partial charge in [0.2, 0.25) is 0 Å². The molecule has 1 aliphatic heterocycles. The van der Waals surface area contributed by atoms with Crippen molar-refractivity contribution in [2.45, 2.75) is 23.8 Å². The van der Waals surface area contributed by atoms with Crippen LogP contribution in [0.15, 0.2) is 83.9 Å². The fourth-order valence-electron chi connectivity index (χ4n) is 4.93. The number of benzene rings is 3. The normalized spacial score (nSPS) is 16.2. The molecule has 38 heavy (non-hydrogen) atoms. The molecule has 9 heteroatoms. The number of sulfonamides is 1. The first-order chi connectivity index (χ1) is 18.4. The molecule has 0 spiro atoms. The lowest BCUT2D eigenvalue weighted by atomic mass is 9.95. The first-order valence-electron chi connectivity index (χ1n) is 12.9. The van der Waals surface area contributed by atoms with Crippen LogP contribution in [-0.4, -0.2) is 63.0 Å². The highest BCUT2D eigenvalue weighted by atomic mass is 35.5. The first kappa shape index (κ1) is 26.9. The molecule has 1 saturated heterocycles. The summed E-state index contributed by atoms with van der Waals surface area (Å²) in [7, 11) is -1.69. The van der Waals surface area contributed by atoms with E-state index < -0.39 is 16.1 Å². The molecular weight excluding hydrogens is 520 g/mol. The number of aromatic nitrogens is 1. The molecule has 1 fully saturated rings. The van der Waals surface area contributed by atoms with Crippen molar-refractivity contribution in [1.29, 1.82) is 0 Å². The van der Waals surface area contributed by atoms with Gasteiger partial charge in [0.15, 0.2) is 0 Å². The molecule has 0 aliphatic carbocycles. The van der Waals surface area contributed by atoms with E-state index in [1.807, 2.05) is 42.6 Å². The minimum Gasteiger partial charge on any atom is -0.361 e. The zero-order valence-electron chi connectivity index (χ0n) is 21.4. The molecule has 0 amide bonds. The lowest BCUT2D eigenvalue weighted by Gasteiger charge is -2.33. The standard InChI is InChI=1S/C29H33ClN4O3S/c1-33-15-17-34(18-16-33)14-13-29(37-32-38(35,36)25-8-3-2-4-9-25)26-10-6-5-7-22(26)19-23-21-31-28-12-11-24(30)20-27(23)28/h2-12,20-21,29,31-32H,13-19H2,1H3. The van der Waals surface area contributed by atoms with E-state index in [0.717, 1.165) is 60.3 Å². The van der Waals surface area contributed by atoms with Gasteiger partial charge in [-0.1, -0.05) is 59.0 Å². The van der Waals surface area contributed by atoms with E-state index in [-0.39, 0.29) is 4.90 Å². The Balaban J connectivity index is 1.40. The van der Waals surface area contributed by atoms with E-state index in [2.05, 4.69) is 32.8 Å². The van der Waals surface area contributed by atoms with Crippen LogP contribution in [0.3, 0.4) is 0 Å². The van der Waals surface area contributed by atoms with Crippen LogP contribution < -0.4 is 4.89 Å². The number of piperazine rings is 1. The third-order valence-corrected chi connectivity index (χ3v) is 8.61. The third-order valence-electron chi connectivity index (χ3n) is 7.17. The molecule has 2 N–H and O–H groups in total. The van der Waals surface area contributed by atoms with E-state index >= 15 is 0 Å². The molecular formula is C29H33ClN4O3S. The summed E-state index contributed by atoms with van der Waals surface area (Å²) in [5.74, 6) is 0. The van der Waals surface area contributed by atoms with E-state index in [0.29, 0.717) is 17.9 Å². The number of hydrogen-bond donors (Lipinski definition) is 2. The maximum absolute atomic E-state index is 13.0. The van der Waals surface area contributed by atoms with E-state index in [9.17, 15) is 8.42 Å². The van der Waals surface area contributed by atoms with Gasteiger partial charge in [0.25, 0.3) is 10.0 Å². The highest BCUT2D eigenvalue weighted by Gasteiger charge is 2.23. The zero-order valence-corrected chi connectivity index (χ0v) is 23.0. The van der Waals surface area contributed by atoms with Gasteiger partial charge in [0, 0.05) is 54.8 Å². The van der Waals surface area contributed by atoms with Gasteiger partial charge < -0.3 is 14.8 Å². The first-order valence-corrected chi connectivity index (χ1v) is 14.7. The minimum absolute atomic E-state index is 0.168. The maximum Gasteiger partial charge on any atom is 0.262 e. The van der Waals surface area contributed by atoms with Crippen LogP contribution in [-0.2, 0) is 21.3 Å². The van der Waals surface area contributed by atoms with Crippen molar-refractivity contribution >= 4 is 32.5 Å². The van der Waals surface area contributed by atoms with Gasteiger partial charge in [-0.15, -0.1) is 0 Å². The molecule has 1 atom stereocenters. The fourth-order valence-corrected chi connectivity index (χ4v) is 5.96. The molecule has 0 saturated carbocycles. The summed E-state index contributed by atoms with van der Waals surface area (Å²) in [6, 6.07) is 22.2. The molecule has 3 aromatic carbocycles. The quantitative estimate of drug-likeness (QED) is 0.271. The van der Waals surface area contributed by atoms with Gasteiger partial charge >= 0.3 is 0 Å². The predicted octanol–water partition coefficient (Wildman–Crippen LogP) is 5.00. The number of halogens is 1. The van der Waals surface area contributed by atoms with Crippen LogP contribution in [0, 0.1) is 0 Å². The Bertz CT molecular complexity index is 1470. The Morgan fingerprint density at radius 3 is 2.50 bits per heavy atom. The number of nitrogens with zero attached hydrogens (tertiary/aromatic N) is 2. The molecule has 2 heterocycles. The number of rotatable bonds is 10. The number of fused-ring (bicyclic) bond motifs is 1. The Kier molecular flexibility index (Phi) is 8.48. The molecule has 1 aromatic heterocycles. The third kappa shape index (κ3) is 6.46. The van der Waals surface area contributed by atoms with E-state index in [1.165, 1.54) is 0 Å². The Morgan fingerprint density at radius 1 is 0.974 bits per heavy atom. The van der Waals surface area contributed by atoms with Crippen molar-refractivity contribution in [2.24, 2.45) is 0 Å².